The maximum absolute atomic E-state index is 15.7. The van der Waals surface area contributed by atoms with E-state index in [2.05, 4.69) is 40.3 Å². The number of fused-ring (bicyclic) bond motifs is 6. The van der Waals surface area contributed by atoms with Crippen molar-refractivity contribution in [3.05, 3.63) is 230 Å². The minimum absolute atomic E-state index is 0.326. The molecule has 0 fully saturated rings. The van der Waals surface area contributed by atoms with E-state index in [4.69, 9.17) is 0 Å². The molecule has 0 amide bonds. The average Bonchev–Trinajstić information content (AvgIpc) is 3.90. The van der Waals surface area contributed by atoms with E-state index < -0.39 is 11.7 Å². The fraction of sp³-hybridized carbons (Fsp3) is 0.0167. The summed E-state index contributed by atoms with van der Waals surface area (Å²) in [5, 5.41) is 13.7. The van der Waals surface area contributed by atoms with Crippen molar-refractivity contribution in [2.75, 3.05) is 0 Å². The fourth-order valence-corrected chi connectivity index (χ4v) is 9.75. The molecule has 5 nitrogen and oxygen atoms in total. The molecule has 68 heavy (non-hydrogen) atoms. The van der Waals surface area contributed by atoms with Gasteiger partial charge in [0.15, 0.2) is 0 Å². The molecule has 0 unspecified atom stereocenters. The summed E-state index contributed by atoms with van der Waals surface area (Å²) in [7, 11) is 0. The van der Waals surface area contributed by atoms with Crippen molar-refractivity contribution in [2.45, 2.75) is 6.18 Å². The van der Waals surface area contributed by atoms with Crippen LogP contribution in [-0.2, 0) is 6.18 Å². The van der Waals surface area contributed by atoms with Crippen LogP contribution in [-0.4, -0.2) is 19.1 Å². The normalized spacial score (nSPS) is 11.7. The molecule has 12 aromatic rings. The molecule has 0 bridgehead atoms. The molecular weight excluding hydrogens is 848 g/mol. The van der Waals surface area contributed by atoms with E-state index in [1.807, 2.05) is 161 Å². The monoisotopic (exact) mass is 883 g/mol. The predicted octanol–water partition coefficient (Wildman–Crippen LogP) is 15.9. The maximum Gasteiger partial charge on any atom is 0.416 e. The predicted molar refractivity (Wildman–Crippen MR) is 268 cm³/mol. The first-order chi connectivity index (χ1) is 33.3. The Morgan fingerprint density at radius 2 is 0.824 bits per heavy atom. The molecule has 0 radical (unpaired) electrons. The second-order valence-corrected chi connectivity index (χ2v) is 16.8. The molecular formula is C60H36F3N5. The molecule has 322 valence electrons. The van der Waals surface area contributed by atoms with Crippen molar-refractivity contribution in [1.82, 2.24) is 19.1 Å². The van der Waals surface area contributed by atoms with E-state index in [0.29, 0.717) is 28.1 Å². The lowest BCUT2D eigenvalue weighted by molar-refractivity contribution is -0.137. The first-order valence-electron chi connectivity index (χ1n) is 22.2. The molecule has 4 heterocycles. The van der Waals surface area contributed by atoms with Crippen molar-refractivity contribution in [2.24, 2.45) is 0 Å². The smallest absolute Gasteiger partial charge is 0.309 e. The molecule has 0 aliphatic rings. The number of nitrogens with zero attached hydrogens (tertiary/aromatic N) is 5. The van der Waals surface area contributed by atoms with Crippen LogP contribution in [0.15, 0.2) is 219 Å². The summed E-state index contributed by atoms with van der Waals surface area (Å²) < 4.78 is 50.9. The molecule has 0 atom stereocenters. The molecule has 0 saturated heterocycles. The summed E-state index contributed by atoms with van der Waals surface area (Å²) in [5.74, 6) is 0. The van der Waals surface area contributed by atoms with E-state index in [0.717, 1.165) is 88.4 Å². The summed E-state index contributed by atoms with van der Waals surface area (Å²) in [6, 6.07) is 67.8. The van der Waals surface area contributed by atoms with Crippen molar-refractivity contribution < 1.29 is 13.2 Å². The van der Waals surface area contributed by atoms with Crippen molar-refractivity contribution in [1.29, 1.82) is 5.26 Å². The lowest BCUT2D eigenvalue weighted by Crippen LogP contribution is -2.11. The first-order valence-corrected chi connectivity index (χ1v) is 22.2. The molecule has 0 aliphatic heterocycles. The number of benzene rings is 8. The zero-order valence-electron chi connectivity index (χ0n) is 36.2. The van der Waals surface area contributed by atoms with Crippen LogP contribution in [0.4, 0.5) is 13.2 Å². The molecule has 0 N–H and O–H groups in total. The Morgan fingerprint density at radius 3 is 1.31 bits per heavy atom. The van der Waals surface area contributed by atoms with Crippen LogP contribution in [0.5, 0.6) is 0 Å². The minimum Gasteiger partial charge on any atom is -0.309 e. The van der Waals surface area contributed by atoms with Crippen LogP contribution in [0.1, 0.15) is 11.1 Å². The highest BCUT2D eigenvalue weighted by Crippen LogP contribution is 2.46. The Hall–Kier alpha value is -9.06. The average molecular weight is 884 g/mol. The summed E-state index contributed by atoms with van der Waals surface area (Å²) in [4.78, 5) is 9.30. The maximum atomic E-state index is 15.7. The van der Waals surface area contributed by atoms with E-state index in [-0.39, 0.29) is 0 Å². The third-order valence-electron chi connectivity index (χ3n) is 12.9. The van der Waals surface area contributed by atoms with Gasteiger partial charge in [-0.15, -0.1) is 0 Å². The highest BCUT2D eigenvalue weighted by Gasteiger charge is 2.34. The number of nitriles is 1. The lowest BCUT2D eigenvalue weighted by Gasteiger charge is -2.23. The molecule has 8 heteroatoms. The molecule has 8 aromatic carbocycles. The quantitative estimate of drug-likeness (QED) is 0.160. The van der Waals surface area contributed by atoms with Gasteiger partial charge in [-0.05, 0) is 113 Å². The Bertz CT molecular complexity index is 3750. The molecule has 0 aliphatic carbocycles. The third kappa shape index (κ3) is 6.88. The summed E-state index contributed by atoms with van der Waals surface area (Å²) in [6.45, 7) is 0. The van der Waals surface area contributed by atoms with Gasteiger partial charge < -0.3 is 9.13 Å². The van der Waals surface area contributed by atoms with E-state index in [1.54, 1.807) is 30.6 Å². The topological polar surface area (TPSA) is 59.4 Å². The number of hydrogen-bond donors (Lipinski definition) is 0. The van der Waals surface area contributed by atoms with Crippen molar-refractivity contribution in [3.8, 4) is 73.3 Å². The standard InChI is InChI=1S/C60H36F3N5/c61-60(62,63)46-35-57(67-53-20-9-7-18-47(53)49-31-41(22-24-55(49)67)43-26-28-65-51(33-43)39-13-3-1-4-14-39)59(45-17-11-12-38(30-45)37-64)58(36-46)68-54-21-10-8-19-48(54)50-32-42(23-25-56(50)68)44-27-29-66-52(34-44)40-15-5-2-6-16-40/h1-36H. The van der Waals surface area contributed by atoms with Crippen LogP contribution < -0.4 is 0 Å². The summed E-state index contributed by atoms with van der Waals surface area (Å²) in [5.41, 5.74) is 11.8. The van der Waals surface area contributed by atoms with Crippen molar-refractivity contribution >= 4 is 43.6 Å². The van der Waals surface area contributed by atoms with Gasteiger partial charge in [0.25, 0.3) is 0 Å². The molecule has 0 spiro atoms. The lowest BCUT2D eigenvalue weighted by atomic mass is 9.96. The van der Waals surface area contributed by atoms with Gasteiger partial charge in [-0.3, -0.25) is 9.97 Å². The van der Waals surface area contributed by atoms with E-state index in [1.165, 1.54) is 12.1 Å². The zero-order chi connectivity index (χ0) is 45.9. The molecule has 4 aromatic heterocycles. The largest absolute Gasteiger partial charge is 0.416 e. The number of pyridine rings is 2. The molecule has 0 saturated carbocycles. The summed E-state index contributed by atoms with van der Waals surface area (Å²) in [6.07, 6.45) is -1.12. The van der Waals surface area contributed by atoms with E-state index in [9.17, 15) is 5.26 Å². The Kier molecular flexibility index (Phi) is 9.59. The van der Waals surface area contributed by atoms with Gasteiger partial charge in [0, 0.05) is 50.6 Å². The van der Waals surface area contributed by atoms with Crippen LogP contribution in [0, 0.1) is 11.3 Å². The minimum atomic E-state index is -4.72. The highest BCUT2D eigenvalue weighted by molar-refractivity contribution is 6.13. The van der Waals surface area contributed by atoms with Crippen LogP contribution in [0.25, 0.3) is 111 Å². The number of alkyl halides is 3. The third-order valence-corrected chi connectivity index (χ3v) is 12.9. The van der Waals surface area contributed by atoms with Crippen LogP contribution >= 0.6 is 0 Å². The van der Waals surface area contributed by atoms with Crippen LogP contribution in [0.2, 0.25) is 0 Å². The second-order valence-electron chi connectivity index (χ2n) is 16.8. The van der Waals surface area contributed by atoms with E-state index >= 15 is 13.2 Å². The van der Waals surface area contributed by atoms with Crippen molar-refractivity contribution in [3.63, 3.8) is 0 Å². The van der Waals surface area contributed by atoms with Gasteiger partial charge in [-0.25, -0.2) is 0 Å². The second kappa shape index (κ2) is 16.1. The Morgan fingerprint density at radius 1 is 0.382 bits per heavy atom. The first kappa shape index (κ1) is 40.4. The SMILES string of the molecule is N#Cc1cccc(-c2c(-n3c4ccccc4c4cc(-c5ccnc(-c6ccccc6)c5)ccc43)cc(C(F)(F)F)cc2-n2c3ccccc3c3cc(-c4ccnc(-c5ccccc5)c4)ccc32)c1. The Labute approximate surface area is 388 Å². The number of para-hydroxylation sites is 2. The van der Waals surface area contributed by atoms with Gasteiger partial charge in [0.1, 0.15) is 0 Å². The van der Waals surface area contributed by atoms with Gasteiger partial charge in [-0.2, -0.15) is 18.4 Å². The fourth-order valence-electron chi connectivity index (χ4n) is 9.75. The number of rotatable bonds is 7. The summed E-state index contributed by atoms with van der Waals surface area (Å²) >= 11 is 0. The van der Waals surface area contributed by atoms with Gasteiger partial charge in [0.2, 0.25) is 0 Å². The zero-order valence-corrected chi connectivity index (χ0v) is 36.2. The Balaban J connectivity index is 1.13. The van der Waals surface area contributed by atoms with Crippen LogP contribution in [0.3, 0.4) is 0 Å². The number of hydrogen-bond acceptors (Lipinski definition) is 3. The number of aromatic nitrogens is 4. The van der Waals surface area contributed by atoms with Gasteiger partial charge in [-0.1, -0.05) is 121 Å². The van der Waals surface area contributed by atoms with Gasteiger partial charge >= 0.3 is 6.18 Å². The molecule has 12 rings (SSSR count). The number of halogens is 3. The van der Waals surface area contributed by atoms with Gasteiger partial charge in [0.05, 0.1) is 62.0 Å². The highest BCUT2D eigenvalue weighted by atomic mass is 19.4.